The molecule has 0 aliphatic heterocycles. The van der Waals surface area contributed by atoms with E-state index in [0.29, 0.717) is 11.3 Å². The quantitative estimate of drug-likeness (QED) is 0.283. The molecular formula is C14H15F3OS3. The van der Waals surface area contributed by atoms with Crippen LogP contribution in [0.3, 0.4) is 0 Å². The second kappa shape index (κ2) is 9.50. The van der Waals surface area contributed by atoms with Gasteiger partial charge in [0.05, 0.1) is 5.56 Å². The molecule has 1 rings (SSSR count). The molecule has 1 nitrogen and oxygen atoms in total. The molecule has 0 saturated heterocycles. The molecule has 1 unspecified atom stereocenters. The Labute approximate surface area is 133 Å². The third kappa shape index (κ3) is 7.90. The SMILES string of the molecule is C=CCSS/C=C/C[S+]([O-])Cc1ccc(C(F)(F)F)cc1. The number of halogens is 3. The van der Waals surface area contributed by atoms with Gasteiger partial charge in [0.1, 0.15) is 11.5 Å². The predicted octanol–water partition coefficient (Wildman–Crippen LogP) is 5.04. The summed E-state index contributed by atoms with van der Waals surface area (Å²) in [6.45, 7) is 3.60. The van der Waals surface area contributed by atoms with Gasteiger partial charge in [-0.1, -0.05) is 39.8 Å². The predicted molar refractivity (Wildman–Crippen MR) is 87.5 cm³/mol. The lowest BCUT2D eigenvalue weighted by atomic mass is 10.1. The van der Waals surface area contributed by atoms with Crippen molar-refractivity contribution < 1.29 is 17.7 Å². The van der Waals surface area contributed by atoms with E-state index in [2.05, 4.69) is 6.58 Å². The highest BCUT2D eigenvalue weighted by molar-refractivity contribution is 8.77. The molecule has 1 aromatic rings. The summed E-state index contributed by atoms with van der Waals surface area (Å²) in [5.74, 6) is 1.49. The highest BCUT2D eigenvalue weighted by Gasteiger charge is 2.30. The maximum Gasteiger partial charge on any atom is 0.416 e. The van der Waals surface area contributed by atoms with E-state index in [1.54, 1.807) is 22.9 Å². The van der Waals surface area contributed by atoms with Crippen molar-refractivity contribution in [1.82, 2.24) is 0 Å². The molecule has 1 aromatic carbocycles. The van der Waals surface area contributed by atoms with Gasteiger partial charge in [-0.25, -0.2) is 0 Å². The first-order valence-electron chi connectivity index (χ1n) is 5.99. The van der Waals surface area contributed by atoms with Crippen LogP contribution in [0.1, 0.15) is 11.1 Å². The van der Waals surface area contributed by atoms with Crippen LogP contribution in [0.4, 0.5) is 13.2 Å². The van der Waals surface area contributed by atoms with E-state index < -0.39 is 22.9 Å². The van der Waals surface area contributed by atoms with Crippen LogP contribution in [-0.4, -0.2) is 16.1 Å². The van der Waals surface area contributed by atoms with Crippen molar-refractivity contribution in [3.8, 4) is 0 Å². The minimum absolute atomic E-state index is 0.257. The number of rotatable bonds is 8. The van der Waals surface area contributed by atoms with Crippen LogP contribution in [0, 0.1) is 0 Å². The minimum atomic E-state index is -4.33. The third-order valence-corrected chi connectivity index (χ3v) is 5.48. The van der Waals surface area contributed by atoms with E-state index in [-0.39, 0.29) is 5.75 Å². The Morgan fingerprint density at radius 3 is 2.48 bits per heavy atom. The van der Waals surface area contributed by atoms with Crippen LogP contribution in [0.2, 0.25) is 0 Å². The molecule has 0 bridgehead atoms. The van der Waals surface area contributed by atoms with E-state index in [9.17, 15) is 17.7 Å². The fourth-order valence-electron chi connectivity index (χ4n) is 1.35. The van der Waals surface area contributed by atoms with Gasteiger partial charge in [-0.05, 0) is 34.8 Å². The summed E-state index contributed by atoms with van der Waals surface area (Å²) in [7, 11) is 3.16. The molecule has 0 aliphatic rings. The van der Waals surface area contributed by atoms with Gasteiger partial charge in [0, 0.05) is 11.3 Å². The Morgan fingerprint density at radius 2 is 1.90 bits per heavy atom. The molecule has 21 heavy (non-hydrogen) atoms. The normalized spacial score (nSPS) is 13.5. The van der Waals surface area contributed by atoms with Gasteiger partial charge in [-0.3, -0.25) is 0 Å². The van der Waals surface area contributed by atoms with Crippen LogP contribution in [0.25, 0.3) is 0 Å². The first-order valence-corrected chi connectivity index (χ1v) is 9.86. The van der Waals surface area contributed by atoms with Gasteiger partial charge in [0.2, 0.25) is 0 Å². The summed E-state index contributed by atoms with van der Waals surface area (Å²) in [5.41, 5.74) is -0.0454. The van der Waals surface area contributed by atoms with Gasteiger partial charge in [0.25, 0.3) is 0 Å². The van der Waals surface area contributed by atoms with Gasteiger partial charge >= 0.3 is 6.18 Å². The Balaban J connectivity index is 2.37. The van der Waals surface area contributed by atoms with Crippen LogP contribution < -0.4 is 0 Å². The average Bonchev–Trinajstić information content (AvgIpc) is 2.42. The van der Waals surface area contributed by atoms with Crippen molar-refractivity contribution in [3.63, 3.8) is 0 Å². The average molecular weight is 352 g/mol. The first-order chi connectivity index (χ1) is 9.93. The van der Waals surface area contributed by atoms with Crippen LogP contribution >= 0.6 is 21.6 Å². The molecular weight excluding hydrogens is 337 g/mol. The zero-order valence-electron chi connectivity index (χ0n) is 11.1. The minimum Gasteiger partial charge on any atom is -0.616 e. The van der Waals surface area contributed by atoms with Crippen molar-refractivity contribution in [1.29, 1.82) is 0 Å². The van der Waals surface area contributed by atoms with Crippen molar-refractivity contribution in [3.05, 3.63) is 59.5 Å². The van der Waals surface area contributed by atoms with Gasteiger partial charge in [-0.15, -0.1) is 6.58 Å². The molecule has 0 aromatic heterocycles. The lowest BCUT2D eigenvalue weighted by Crippen LogP contribution is -2.09. The standard InChI is InChI=1S/C14H15F3OS3/c1-2-8-19-20-9-3-10-21(18)11-12-4-6-13(7-5-12)14(15,16)17/h2-7,9H,1,8,10-11H2/b9-3+. The largest absolute Gasteiger partial charge is 0.616 e. The van der Waals surface area contributed by atoms with E-state index in [1.807, 2.05) is 5.41 Å². The molecule has 0 heterocycles. The van der Waals surface area contributed by atoms with E-state index >= 15 is 0 Å². The fourth-order valence-corrected chi connectivity index (χ4v) is 3.89. The maximum absolute atomic E-state index is 12.4. The summed E-state index contributed by atoms with van der Waals surface area (Å²) in [6.07, 6.45) is -0.726. The number of hydrogen-bond donors (Lipinski definition) is 0. The second-order valence-corrected chi connectivity index (χ2v) is 7.81. The van der Waals surface area contributed by atoms with Crippen molar-refractivity contribution >= 4 is 32.8 Å². The van der Waals surface area contributed by atoms with Gasteiger partial charge in [-0.2, -0.15) is 13.2 Å². The van der Waals surface area contributed by atoms with Gasteiger partial charge in [0.15, 0.2) is 0 Å². The lowest BCUT2D eigenvalue weighted by Gasteiger charge is -2.10. The van der Waals surface area contributed by atoms with E-state index in [0.717, 1.165) is 17.9 Å². The summed E-state index contributed by atoms with van der Waals surface area (Å²) in [4.78, 5) is 0. The van der Waals surface area contributed by atoms with Gasteiger partial charge < -0.3 is 4.55 Å². The highest BCUT2D eigenvalue weighted by Crippen LogP contribution is 2.29. The Kier molecular flexibility index (Phi) is 8.39. The fraction of sp³-hybridized carbons (Fsp3) is 0.286. The smallest absolute Gasteiger partial charge is 0.416 e. The molecule has 0 amide bonds. The molecule has 116 valence electrons. The molecule has 7 heteroatoms. The number of hydrogen-bond acceptors (Lipinski definition) is 3. The molecule has 0 N–H and O–H groups in total. The van der Waals surface area contributed by atoms with Crippen LogP contribution in [0.5, 0.6) is 0 Å². The first kappa shape index (κ1) is 18.5. The van der Waals surface area contributed by atoms with Crippen molar-refractivity contribution in [2.75, 3.05) is 11.5 Å². The van der Waals surface area contributed by atoms with Crippen LogP contribution in [-0.2, 0) is 23.1 Å². The number of alkyl halides is 3. The summed E-state index contributed by atoms with van der Waals surface area (Å²) in [5, 5.41) is 1.86. The zero-order chi connectivity index (χ0) is 15.7. The second-order valence-electron chi connectivity index (χ2n) is 3.99. The molecule has 1 atom stereocenters. The van der Waals surface area contributed by atoms with E-state index in [1.165, 1.54) is 22.9 Å². The third-order valence-electron chi connectivity index (χ3n) is 2.30. The molecule has 0 saturated carbocycles. The maximum atomic E-state index is 12.4. The molecule has 0 aliphatic carbocycles. The Morgan fingerprint density at radius 1 is 1.24 bits per heavy atom. The summed E-state index contributed by atoms with van der Waals surface area (Å²) >= 11 is -1.12. The molecule has 0 spiro atoms. The monoisotopic (exact) mass is 352 g/mol. The lowest BCUT2D eigenvalue weighted by molar-refractivity contribution is -0.137. The summed E-state index contributed by atoms with van der Waals surface area (Å²) < 4.78 is 49.0. The summed E-state index contributed by atoms with van der Waals surface area (Å²) in [6, 6.07) is 4.78. The van der Waals surface area contributed by atoms with Crippen molar-refractivity contribution in [2.24, 2.45) is 0 Å². The Bertz CT molecular complexity index is 458. The zero-order valence-corrected chi connectivity index (χ0v) is 13.6. The van der Waals surface area contributed by atoms with E-state index in [4.69, 9.17) is 0 Å². The van der Waals surface area contributed by atoms with Crippen molar-refractivity contribution in [2.45, 2.75) is 11.9 Å². The number of benzene rings is 1. The molecule has 0 radical (unpaired) electrons. The van der Waals surface area contributed by atoms with Crippen LogP contribution in [0.15, 0.2) is 48.4 Å². The Hall–Kier alpha value is -0.500. The topological polar surface area (TPSA) is 23.1 Å². The highest BCUT2D eigenvalue weighted by atomic mass is 33.1. The molecule has 0 fully saturated rings.